The highest BCUT2D eigenvalue weighted by atomic mass is 16.6. The molecule has 6 nitrogen and oxygen atoms in total. The van der Waals surface area contributed by atoms with Gasteiger partial charge in [-0.1, -0.05) is 24.3 Å². The fourth-order valence-corrected chi connectivity index (χ4v) is 2.87. The third-order valence-electron chi connectivity index (χ3n) is 4.23. The molecule has 1 heterocycles. The Kier molecular flexibility index (Phi) is 7.68. The molecule has 0 saturated heterocycles. The van der Waals surface area contributed by atoms with Gasteiger partial charge in [-0.2, -0.15) is 0 Å². The molecule has 2 rings (SSSR count). The Balaban J connectivity index is 1.70. The first kappa shape index (κ1) is 21.3. The third-order valence-corrected chi connectivity index (χ3v) is 4.23. The van der Waals surface area contributed by atoms with Gasteiger partial charge >= 0.3 is 6.09 Å². The molecule has 1 aliphatic heterocycles. The highest BCUT2D eigenvalue weighted by Crippen LogP contribution is 2.20. The maximum atomic E-state index is 12.3. The molecule has 0 unspecified atom stereocenters. The van der Waals surface area contributed by atoms with E-state index in [4.69, 9.17) is 14.2 Å². The van der Waals surface area contributed by atoms with E-state index < -0.39 is 17.8 Å². The van der Waals surface area contributed by atoms with Gasteiger partial charge in [-0.3, -0.25) is 4.90 Å². The van der Waals surface area contributed by atoms with Crippen molar-refractivity contribution in [2.24, 2.45) is 0 Å². The molecule has 1 aliphatic rings. The standard InChI is InChI=1S/C21H31NO5/c1-21(2,3)27-20(24)22-13-5-7-18(22)19(23)8-6-14-26-15-16-9-11-17(25-4)12-10-16/h5,7,9-12,18-19,23H,6,8,13-15H2,1-4H3/t18-,19+/m0/s1. The Bertz CT molecular complexity index is 620. The van der Waals surface area contributed by atoms with Crippen molar-refractivity contribution in [3.05, 3.63) is 42.0 Å². The van der Waals surface area contributed by atoms with Crippen LogP contribution in [-0.4, -0.2) is 54.1 Å². The Hall–Kier alpha value is -2.05. The van der Waals surface area contributed by atoms with Crippen molar-refractivity contribution >= 4 is 6.09 Å². The molecule has 0 radical (unpaired) electrons. The zero-order valence-electron chi connectivity index (χ0n) is 16.7. The van der Waals surface area contributed by atoms with Crippen LogP contribution in [0.2, 0.25) is 0 Å². The second kappa shape index (κ2) is 9.76. The summed E-state index contributed by atoms with van der Waals surface area (Å²) in [5.41, 5.74) is 0.524. The number of methoxy groups -OCH3 is 1. The summed E-state index contributed by atoms with van der Waals surface area (Å²) >= 11 is 0. The molecule has 6 heteroatoms. The summed E-state index contributed by atoms with van der Waals surface area (Å²) in [6.45, 7) is 7.03. The number of benzene rings is 1. The highest BCUT2D eigenvalue weighted by molar-refractivity contribution is 5.70. The summed E-state index contributed by atoms with van der Waals surface area (Å²) in [5.74, 6) is 0.820. The molecular formula is C21H31NO5. The summed E-state index contributed by atoms with van der Waals surface area (Å²) in [7, 11) is 1.64. The van der Waals surface area contributed by atoms with Crippen LogP contribution in [0.4, 0.5) is 4.79 Å². The third kappa shape index (κ3) is 6.88. The van der Waals surface area contributed by atoms with E-state index in [0.29, 0.717) is 32.6 Å². The average Bonchev–Trinajstić information content (AvgIpc) is 3.10. The number of nitrogens with zero attached hydrogens (tertiary/aromatic N) is 1. The maximum absolute atomic E-state index is 12.3. The van der Waals surface area contributed by atoms with Crippen LogP contribution in [0.15, 0.2) is 36.4 Å². The van der Waals surface area contributed by atoms with Crippen molar-refractivity contribution in [1.82, 2.24) is 4.90 Å². The van der Waals surface area contributed by atoms with E-state index in [1.165, 1.54) is 0 Å². The summed E-state index contributed by atoms with van der Waals surface area (Å²) in [6, 6.07) is 7.40. The predicted octanol–water partition coefficient (Wildman–Crippen LogP) is 3.53. The van der Waals surface area contributed by atoms with E-state index in [2.05, 4.69) is 0 Å². The molecule has 0 saturated carbocycles. The van der Waals surface area contributed by atoms with Gasteiger partial charge in [0.25, 0.3) is 0 Å². The van der Waals surface area contributed by atoms with Crippen molar-refractivity contribution in [2.75, 3.05) is 20.3 Å². The Morgan fingerprint density at radius 3 is 2.63 bits per heavy atom. The van der Waals surface area contributed by atoms with Crippen LogP contribution in [0.3, 0.4) is 0 Å². The number of carbonyl (C=O) groups is 1. The zero-order chi connectivity index (χ0) is 19.9. The van der Waals surface area contributed by atoms with Crippen LogP contribution in [0.25, 0.3) is 0 Å². The molecule has 0 aromatic heterocycles. The first-order chi connectivity index (χ1) is 12.8. The number of aliphatic hydroxyl groups excluding tert-OH is 1. The second-order valence-corrected chi connectivity index (χ2v) is 7.66. The smallest absolute Gasteiger partial charge is 0.411 e. The Morgan fingerprint density at radius 1 is 1.30 bits per heavy atom. The number of amides is 1. The molecule has 1 aromatic rings. The molecule has 0 fully saturated rings. The van der Waals surface area contributed by atoms with Crippen molar-refractivity contribution in [1.29, 1.82) is 0 Å². The molecule has 27 heavy (non-hydrogen) atoms. The number of hydrogen-bond donors (Lipinski definition) is 1. The van der Waals surface area contributed by atoms with Gasteiger partial charge < -0.3 is 19.3 Å². The summed E-state index contributed by atoms with van der Waals surface area (Å²) in [6.07, 6.45) is 3.99. The summed E-state index contributed by atoms with van der Waals surface area (Å²) in [5, 5.41) is 10.5. The normalized spacial score (nSPS) is 17.8. The van der Waals surface area contributed by atoms with Crippen LogP contribution < -0.4 is 4.74 Å². The average molecular weight is 377 g/mol. The van der Waals surface area contributed by atoms with Crippen LogP contribution in [-0.2, 0) is 16.1 Å². The zero-order valence-corrected chi connectivity index (χ0v) is 16.7. The number of aliphatic hydroxyl groups is 1. The molecule has 1 aromatic carbocycles. The van der Waals surface area contributed by atoms with Gasteiger partial charge in [-0.15, -0.1) is 0 Å². The molecule has 1 amide bonds. The molecular weight excluding hydrogens is 346 g/mol. The van der Waals surface area contributed by atoms with Crippen LogP contribution >= 0.6 is 0 Å². The minimum atomic E-state index is -0.638. The fraction of sp³-hybridized carbons (Fsp3) is 0.571. The first-order valence-corrected chi connectivity index (χ1v) is 9.35. The van der Waals surface area contributed by atoms with E-state index in [-0.39, 0.29) is 6.04 Å². The lowest BCUT2D eigenvalue weighted by atomic mass is 10.1. The maximum Gasteiger partial charge on any atom is 0.411 e. The lowest BCUT2D eigenvalue weighted by molar-refractivity contribution is 0.00641. The van der Waals surface area contributed by atoms with Gasteiger partial charge in [0.15, 0.2) is 0 Å². The number of rotatable bonds is 8. The second-order valence-electron chi connectivity index (χ2n) is 7.66. The highest BCUT2D eigenvalue weighted by Gasteiger charge is 2.33. The van der Waals surface area contributed by atoms with Crippen molar-refractivity contribution in [3.8, 4) is 5.75 Å². The predicted molar refractivity (Wildman–Crippen MR) is 104 cm³/mol. The number of hydrogen-bond acceptors (Lipinski definition) is 5. The van der Waals surface area contributed by atoms with Gasteiger partial charge in [-0.05, 0) is 51.3 Å². The largest absolute Gasteiger partial charge is 0.497 e. The fourth-order valence-electron chi connectivity index (χ4n) is 2.87. The quantitative estimate of drug-likeness (QED) is 0.554. The molecule has 0 bridgehead atoms. The van der Waals surface area contributed by atoms with E-state index in [1.807, 2.05) is 57.2 Å². The lowest BCUT2D eigenvalue weighted by Gasteiger charge is -2.30. The van der Waals surface area contributed by atoms with Crippen LogP contribution in [0.1, 0.15) is 39.2 Å². The number of ether oxygens (including phenoxy) is 3. The molecule has 0 aliphatic carbocycles. The van der Waals surface area contributed by atoms with E-state index in [0.717, 1.165) is 11.3 Å². The van der Waals surface area contributed by atoms with Crippen molar-refractivity contribution in [2.45, 2.75) is 58.0 Å². The van der Waals surface area contributed by atoms with Gasteiger partial charge in [0.05, 0.1) is 25.9 Å². The topological polar surface area (TPSA) is 68.2 Å². The Labute approximate surface area is 161 Å². The van der Waals surface area contributed by atoms with E-state index in [1.54, 1.807) is 12.0 Å². The first-order valence-electron chi connectivity index (χ1n) is 9.35. The van der Waals surface area contributed by atoms with E-state index in [9.17, 15) is 9.90 Å². The number of carbonyl (C=O) groups excluding carboxylic acids is 1. The van der Waals surface area contributed by atoms with E-state index >= 15 is 0 Å². The summed E-state index contributed by atoms with van der Waals surface area (Å²) < 4.78 is 16.2. The monoisotopic (exact) mass is 377 g/mol. The van der Waals surface area contributed by atoms with Gasteiger partial charge in [0.1, 0.15) is 11.4 Å². The Morgan fingerprint density at radius 2 is 2.00 bits per heavy atom. The van der Waals surface area contributed by atoms with Gasteiger partial charge in [0.2, 0.25) is 0 Å². The SMILES string of the molecule is COc1ccc(COCCC[C@@H](O)[C@@H]2C=CCN2C(=O)OC(C)(C)C)cc1. The van der Waals surface area contributed by atoms with Gasteiger partial charge in [-0.25, -0.2) is 4.79 Å². The lowest BCUT2D eigenvalue weighted by Crippen LogP contribution is -2.45. The summed E-state index contributed by atoms with van der Waals surface area (Å²) in [4.78, 5) is 13.8. The van der Waals surface area contributed by atoms with Gasteiger partial charge in [0, 0.05) is 13.2 Å². The van der Waals surface area contributed by atoms with Crippen LogP contribution in [0, 0.1) is 0 Å². The molecule has 0 spiro atoms. The minimum Gasteiger partial charge on any atom is -0.497 e. The van der Waals surface area contributed by atoms with Crippen molar-refractivity contribution < 1.29 is 24.1 Å². The van der Waals surface area contributed by atoms with Crippen LogP contribution in [0.5, 0.6) is 5.75 Å². The molecule has 150 valence electrons. The minimum absolute atomic E-state index is 0.346. The molecule has 2 atom stereocenters. The van der Waals surface area contributed by atoms with Crippen molar-refractivity contribution in [3.63, 3.8) is 0 Å². The molecule has 1 N–H and O–H groups in total.